The van der Waals surface area contributed by atoms with Crippen molar-refractivity contribution in [3.63, 3.8) is 0 Å². The molecule has 10 aliphatic carbocycles. The standard InChI is InChI=1S/C56H91NO2/c1-2-11-36(12-3-1)37-21-27-41(28-22-37)57(43-31-25-39(26-32-43)51-35-40-13-4-5-14-44(40)46-15-6-7-16-47(46)51)42-29-23-38(24-30-42)45-18-10-19-48-49-33-34-53-54(56(49)59-55(45)48)50-17-8-9-20-52(50)58-53/h36-56H,1-35H2. The van der Waals surface area contributed by atoms with E-state index in [1.807, 2.05) is 0 Å². The average Bonchev–Trinajstić information content (AvgIpc) is 3.89. The predicted octanol–water partition coefficient (Wildman–Crippen LogP) is 14.3. The molecule has 0 N–H and O–H groups in total. The zero-order chi connectivity index (χ0) is 38.9. The summed E-state index contributed by atoms with van der Waals surface area (Å²) in [4.78, 5) is 3.37. The van der Waals surface area contributed by atoms with Crippen LogP contribution >= 0.6 is 0 Å². The molecule has 2 saturated heterocycles. The summed E-state index contributed by atoms with van der Waals surface area (Å²) in [6.45, 7) is 0. The summed E-state index contributed by atoms with van der Waals surface area (Å²) in [6.07, 6.45) is 55.3. The number of rotatable bonds is 6. The van der Waals surface area contributed by atoms with Gasteiger partial charge in [-0.25, -0.2) is 0 Å². The van der Waals surface area contributed by atoms with E-state index in [0.29, 0.717) is 24.4 Å². The highest BCUT2D eigenvalue weighted by Crippen LogP contribution is 2.60. The molecule has 12 fully saturated rings. The summed E-state index contributed by atoms with van der Waals surface area (Å²) in [6, 6.07) is 2.65. The fourth-order valence-electron chi connectivity index (χ4n) is 20.5. The molecule has 14 unspecified atom stereocenters. The monoisotopic (exact) mass is 810 g/mol. The van der Waals surface area contributed by atoms with Gasteiger partial charge in [0.05, 0.1) is 24.4 Å². The van der Waals surface area contributed by atoms with Crippen molar-refractivity contribution in [2.45, 2.75) is 267 Å². The second-order valence-corrected chi connectivity index (χ2v) is 25.1. The van der Waals surface area contributed by atoms with E-state index in [2.05, 4.69) is 4.90 Å². The summed E-state index contributed by atoms with van der Waals surface area (Å²) >= 11 is 0. The molecule has 3 nitrogen and oxygen atoms in total. The van der Waals surface area contributed by atoms with Gasteiger partial charge in [0.1, 0.15) is 0 Å². The van der Waals surface area contributed by atoms with Gasteiger partial charge in [-0.05, 0) is 218 Å². The van der Waals surface area contributed by atoms with Crippen LogP contribution in [0.3, 0.4) is 0 Å². The minimum Gasteiger partial charge on any atom is -0.374 e. The lowest BCUT2D eigenvalue weighted by Crippen LogP contribution is -2.54. The van der Waals surface area contributed by atoms with Crippen molar-refractivity contribution < 1.29 is 9.47 Å². The molecule has 10 saturated carbocycles. The van der Waals surface area contributed by atoms with Gasteiger partial charge in [-0.15, -0.1) is 0 Å². The second-order valence-electron chi connectivity index (χ2n) is 25.1. The average molecular weight is 810 g/mol. The summed E-state index contributed by atoms with van der Waals surface area (Å²) in [5, 5.41) is 0. The van der Waals surface area contributed by atoms with Gasteiger partial charge in [0, 0.05) is 24.0 Å². The maximum absolute atomic E-state index is 7.55. The molecule has 0 aromatic carbocycles. The maximum Gasteiger partial charge on any atom is 0.0667 e. The van der Waals surface area contributed by atoms with Crippen molar-refractivity contribution in [3.8, 4) is 0 Å². The minimum atomic E-state index is 0.522. The molecule has 59 heavy (non-hydrogen) atoms. The molecular weight excluding hydrogens is 719 g/mol. The van der Waals surface area contributed by atoms with Crippen molar-refractivity contribution in [2.75, 3.05) is 0 Å². The third-order valence-electron chi connectivity index (χ3n) is 22.9. The van der Waals surface area contributed by atoms with Crippen molar-refractivity contribution in [2.24, 2.45) is 82.9 Å². The van der Waals surface area contributed by atoms with Crippen LogP contribution in [0, 0.1) is 82.9 Å². The van der Waals surface area contributed by atoms with Crippen molar-refractivity contribution in [1.82, 2.24) is 4.90 Å². The topological polar surface area (TPSA) is 21.7 Å². The van der Waals surface area contributed by atoms with Crippen LogP contribution < -0.4 is 0 Å². The van der Waals surface area contributed by atoms with E-state index in [0.717, 1.165) is 101 Å². The van der Waals surface area contributed by atoms with E-state index < -0.39 is 0 Å². The Morgan fingerprint density at radius 2 is 0.746 bits per heavy atom. The Morgan fingerprint density at radius 1 is 0.254 bits per heavy atom. The smallest absolute Gasteiger partial charge is 0.0667 e. The Labute approximate surface area is 363 Å². The van der Waals surface area contributed by atoms with Gasteiger partial charge < -0.3 is 9.47 Å². The first-order chi connectivity index (χ1) is 29.2. The van der Waals surface area contributed by atoms with E-state index in [9.17, 15) is 0 Å². The second kappa shape index (κ2) is 17.7. The van der Waals surface area contributed by atoms with Crippen molar-refractivity contribution >= 4 is 0 Å². The van der Waals surface area contributed by atoms with Crippen LogP contribution in [-0.2, 0) is 9.47 Å². The Kier molecular flexibility index (Phi) is 12.1. The summed E-state index contributed by atoms with van der Waals surface area (Å²) in [5.41, 5.74) is 0. The Hall–Kier alpha value is -0.120. The molecular formula is C56H91NO2. The van der Waals surface area contributed by atoms with Gasteiger partial charge in [-0.3, -0.25) is 4.90 Å². The highest BCUT2D eigenvalue weighted by molar-refractivity contribution is 5.08. The van der Waals surface area contributed by atoms with E-state index in [4.69, 9.17) is 9.47 Å². The first kappa shape index (κ1) is 40.4. The third kappa shape index (κ3) is 7.63. The van der Waals surface area contributed by atoms with E-state index in [1.165, 1.54) is 116 Å². The Morgan fingerprint density at radius 3 is 1.46 bits per heavy atom. The fraction of sp³-hybridized carbons (Fsp3) is 1.00. The van der Waals surface area contributed by atoms with Gasteiger partial charge >= 0.3 is 0 Å². The molecule has 0 radical (unpaired) electrons. The highest BCUT2D eigenvalue weighted by Gasteiger charge is 2.60. The zero-order valence-electron chi connectivity index (χ0n) is 38.1. The number of hydrogen-bond acceptors (Lipinski definition) is 3. The van der Waals surface area contributed by atoms with Crippen LogP contribution in [0.2, 0.25) is 0 Å². The first-order valence-corrected chi connectivity index (χ1v) is 28.3. The lowest BCUT2D eigenvalue weighted by molar-refractivity contribution is -0.0883. The maximum atomic E-state index is 7.55. The van der Waals surface area contributed by atoms with Crippen LogP contribution in [0.1, 0.15) is 225 Å². The van der Waals surface area contributed by atoms with Gasteiger partial charge in [-0.1, -0.05) is 83.5 Å². The minimum absolute atomic E-state index is 0.522. The van der Waals surface area contributed by atoms with E-state index in [1.54, 1.807) is 109 Å². The van der Waals surface area contributed by atoms with Crippen LogP contribution in [0.15, 0.2) is 0 Å². The lowest BCUT2D eigenvalue weighted by Gasteiger charge is -2.55. The number of fused-ring (bicyclic) bond motifs is 10. The molecule has 0 aromatic rings. The third-order valence-corrected chi connectivity index (χ3v) is 22.9. The normalized spacial score (nSPS) is 53.0. The number of hydrogen-bond donors (Lipinski definition) is 0. The van der Waals surface area contributed by atoms with Crippen LogP contribution in [0.5, 0.6) is 0 Å². The first-order valence-electron chi connectivity index (χ1n) is 28.3. The molecule has 12 rings (SSSR count). The summed E-state index contributed by atoms with van der Waals surface area (Å²) in [5.74, 6) is 13.8. The number of ether oxygens (including phenoxy) is 2. The Bertz CT molecular complexity index is 1370. The molecule has 0 spiro atoms. The van der Waals surface area contributed by atoms with E-state index >= 15 is 0 Å². The van der Waals surface area contributed by atoms with Crippen LogP contribution in [0.4, 0.5) is 0 Å². The van der Waals surface area contributed by atoms with Crippen LogP contribution in [0.25, 0.3) is 0 Å². The molecule has 332 valence electrons. The fourth-order valence-corrected chi connectivity index (χ4v) is 20.5. The quantitative estimate of drug-likeness (QED) is 0.267. The molecule has 2 aliphatic heterocycles. The van der Waals surface area contributed by atoms with Gasteiger partial charge in [0.25, 0.3) is 0 Å². The molecule has 14 atom stereocenters. The molecule has 12 aliphatic rings. The van der Waals surface area contributed by atoms with Crippen molar-refractivity contribution in [3.05, 3.63) is 0 Å². The SMILES string of the molecule is C1CCC(C2CCC(N(C3CCC(C4CC5CCCCC5C5CCCCC45)CC3)C3CCC(C4CCCC5C6CCC7OC8CCCCC8C7C6OC45)CC3)CC2)CC1. The van der Waals surface area contributed by atoms with Crippen LogP contribution in [-0.4, -0.2) is 47.4 Å². The van der Waals surface area contributed by atoms with Gasteiger partial charge in [-0.2, -0.15) is 0 Å². The summed E-state index contributed by atoms with van der Waals surface area (Å²) < 4.78 is 14.4. The number of nitrogens with zero attached hydrogens (tertiary/aromatic N) is 1. The lowest BCUT2D eigenvalue weighted by atomic mass is 9.51. The molecule has 2 heterocycles. The molecule has 0 bridgehead atoms. The molecule has 3 heteroatoms. The molecule has 0 amide bonds. The Balaban J connectivity index is 0.722. The predicted molar refractivity (Wildman–Crippen MR) is 241 cm³/mol. The molecule has 0 aromatic heterocycles. The van der Waals surface area contributed by atoms with Crippen molar-refractivity contribution in [1.29, 1.82) is 0 Å². The highest BCUT2D eigenvalue weighted by atomic mass is 16.5. The van der Waals surface area contributed by atoms with Gasteiger partial charge in [0.15, 0.2) is 0 Å². The van der Waals surface area contributed by atoms with Gasteiger partial charge in [0.2, 0.25) is 0 Å². The summed E-state index contributed by atoms with van der Waals surface area (Å²) in [7, 11) is 0. The van der Waals surface area contributed by atoms with E-state index in [-0.39, 0.29) is 0 Å². The zero-order valence-corrected chi connectivity index (χ0v) is 38.1. The largest absolute Gasteiger partial charge is 0.374 e.